The Morgan fingerprint density at radius 2 is 1.50 bits per heavy atom. The first-order valence-electron chi connectivity index (χ1n) is 6.07. The normalized spacial score (nSPS) is 14.4. The molecule has 0 saturated carbocycles. The third kappa shape index (κ3) is 4.43. The molecule has 0 aromatic carbocycles. The molecule has 2 heteroatoms. The minimum absolute atomic E-state index is 0.333. The summed E-state index contributed by atoms with van der Waals surface area (Å²) >= 11 is 0. The third-order valence-corrected chi connectivity index (χ3v) is 3.04. The van der Waals surface area contributed by atoms with E-state index in [-0.39, 0.29) is 11.6 Å². The summed E-state index contributed by atoms with van der Waals surface area (Å²) in [5, 5.41) is 9.91. The van der Waals surface area contributed by atoms with Gasteiger partial charge < -0.3 is 10.8 Å². The number of nitrogens with two attached hydrogens (primary N) is 1. The molecule has 1 unspecified atom stereocenters. The molecule has 0 radical (unpaired) electrons. The first-order valence-corrected chi connectivity index (χ1v) is 6.07. The Labute approximate surface area is 88.9 Å². The van der Waals surface area contributed by atoms with Crippen molar-refractivity contribution >= 4 is 0 Å². The van der Waals surface area contributed by atoms with Crippen molar-refractivity contribution in [3.05, 3.63) is 0 Å². The van der Waals surface area contributed by atoms with E-state index in [1.165, 1.54) is 0 Å². The Morgan fingerprint density at radius 3 is 1.79 bits per heavy atom. The molecule has 0 aromatic rings. The summed E-state index contributed by atoms with van der Waals surface area (Å²) in [5.41, 5.74) is 5.94. The molecule has 0 aromatic heterocycles. The molecule has 0 aliphatic carbocycles. The van der Waals surface area contributed by atoms with Crippen LogP contribution in [0.4, 0.5) is 0 Å². The zero-order chi connectivity index (χ0) is 11.0. The molecule has 0 bridgehead atoms. The zero-order valence-electron chi connectivity index (χ0n) is 10.1. The van der Waals surface area contributed by atoms with Gasteiger partial charge in [0.05, 0.1) is 6.10 Å². The number of aliphatic hydroxyl groups excluding tert-OH is 1. The van der Waals surface area contributed by atoms with E-state index < -0.39 is 0 Å². The molecule has 2 nitrogen and oxygen atoms in total. The fraction of sp³-hybridized carbons (Fsp3) is 1.00. The maximum atomic E-state index is 9.91. The second-order valence-corrected chi connectivity index (χ2v) is 4.36. The Morgan fingerprint density at radius 1 is 1.07 bits per heavy atom. The minimum Gasteiger partial charge on any atom is -0.391 e. The Kier molecular flexibility index (Phi) is 7.20. The lowest BCUT2D eigenvalue weighted by molar-refractivity contribution is 0.0662. The van der Waals surface area contributed by atoms with Crippen LogP contribution in [-0.2, 0) is 0 Å². The van der Waals surface area contributed by atoms with Crippen molar-refractivity contribution in [3.8, 4) is 0 Å². The van der Waals surface area contributed by atoms with Crippen LogP contribution in [0.15, 0.2) is 0 Å². The minimum atomic E-state index is -0.333. The summed E-state index contributed by atoms with van der Waals surface area (Å²) in [7, 11) is 0. The van der Waals surface area contributed by atoms with Crippen LogP contribution >= 0.6 is 0 Å². The van der Waals surface area contributed by atoms with Crippen LogP contribution in [0.25, 0.3) is 0 Å². The third-order valence-electron chi connectivity index (χ3n) is 3.04. The lowest BCUT2D eigenvalue weighted by atomic mass is 9.82. The molecule has 0 amide bonds. The quantitative estimate of drug-likeness (QED) is 0.634. The summed E-state index contributed by atoms with van der Waals surface area (Å²) in [6.45, 7) is 6.33. The van der Waals surface area contributed by atoms with Crippen molar-refractivity contribution in [1.82, 2.24) is 0 Å². The average molecular weight is 201 g/mol. The SMILES string of the molecule is CCCCC(N)(CCCC)C(O)CC. The van der Waals surface area contributed by atoms with E-state index in [1.54, 1.807) is 0 Å². The van der Waals surface area contributed by atoms with E-state index in [2.05, 4.69) is 13.8 Å². The van der Waals surface area contributed by atoms with Gasteiger partial charge in [0.2, 0.25) is 0 Å². The van der Waals surface area contributed by atoms with Crippen molar-refractivity contribution in [2.24, 2.45) is 5.73 Å². The van der Waals surface area contributed by atoms with Crippen LogP contribution < -0.4 is 5.73 Å². The first kappa shape index (κ1) is 13.9. The highest BCUT2D eigenvalue weighted by Gasteiger charge is 2.30. The predicted molar refractivity (Wildman–Crippen MR) is 62.3 cm³/mol. The number of hydrogen-bond acceptors (Lipinski definition) is 2. The molecule has 0 fully saturated rings. The van der Waals surface area contributed by atoms with Gasteiger partial charge in [0.1, 0.15) is 0 Å². The highest BCUT2D eigenvalue weighted by molar-refractivity contribution is 4.90. The van der Waals surface area contributed by atoms with Gasteiger partial charge in [-0.1, -0.05) is 46.5 Å². The summed E-state index contributed by atoms with van der Waals surface area (Å²) in [4.78, 5) is 0. The lowest BCUT2D eigenvalue weighted by Crippen LogP contribution is -2.50. The molecule has 86 valence electrons. The van der Waals surface area contributed by atoms with Gasteiger partial charge in [-0.25, -0.2) is 0 Å². The molecule has 0 rings (SSSR count). The largest absolute Gasteiger partial charge is 0.391 e. The van der Waals surface area contributed by atoms with Crippen molar-refractivity contribution in [2.75, 3.05) is 0 Å². The van der Waals surface area contributed by atoms with Gasteiger partial charge in [-0.15, -0.1) is 0 Å². The Bertz CT molecular complexity index is 128. The van der Waals surface area contributed by atoms with E-state index in [0.717, 1.165) is 44.9 Å². The van der Waals surface area contributed by atoms with Crippen LogP contribution in [0.3, 0.4) is 0 Å². The van der Waals surface area contributed by atoms with Crippen molar-refractivity contribution in [3.63, 3.8) is 0 Å². The summed E-state index contributed by atoms with van der Waals surface area (Å²) in [6.07, 6.45) is 6.90. The lowest BCUT2D eigenvalue weighted by Gasteiger charge is -2.34. The van der Waals surface area contributed by atoms with Gasteiger partial charge in [-0.05, 0) is 19.3 Å². The van der Waals surface area contributed by atoms with E-state index >= 15 is 0 Å². The molecule has 0 saturated heterocycles. The van der Waals surface area contributed by atoms with Gasteiger partial charge in [0.25, 0.3) is 0 Å². The topological polar surface area (TPSA) is 46.2 Å². The second kappa shape index (κ2) is 7.24. The molecule has 0 aliphatic rings. The molecule has 0 heterocycles. The van der Waals surface area contributed by atoms with Crippen LogP contribution in [0.2, 0.25) is 0 Å². The van der Waals surface area contributed by atoms with Crippen LogP contribution in [0.1, 0.15) is 65.7 Å². The molecule has 3 N–H and O–H groups in total. The molecule has 14 heavy (non-hydrogen) atoms. The maximum Gasteiger partial charge on any atom is 0.0717 e. The van der Waals surface area contributed by atoms with E-state index in [9.17, 15) is 5.11 Å². The average Bonchev–Trinajstić information content (AvgIpc) is 2.22. The molecule has 1 atom stereocenters. The molecule has 0 aliphatic heterocycles. The zero-order valence-corrected chi connectivity index (χ0v) is 10.1. The fourth-order valence-electron chi connectivity index (χ4n) is 1.88. The van der Waals surface area contributed by atoms with Gasteiger partial charge in [0, 0.05) is 5.54 Å². The van der Waals surface area contributed by atoms with Crippen LogP contribution in [0, 0.1) is 0 Å². The number of aliphatic hydroxyl groups is 1. The van der Waals surface area contributed by atoms with Crippen molar-refractivity contribution < 1.29 is 5.11 Å². The molecular formula is C12H27NO. The van der Waals surface area contributed by atoms with Gasteiger partial charge >= 0.3 is 0 Å². The van der Waals surface area contributed by atoms with Crippen molar-refractivity contribution in [1.29, 1.82) is 0 Å². The van der Waals surface area contributed by atoms with Gasteiger partial charge in [0.15, 0.2) is 0 Å². The van der Waals surface area contributed by atoms with Gasteiger partial charge in [-0.3, -0.25) is 0 Å². The number of rotatable bonds is 8. The van der Waals surface area contributed by atoms with E-state index in [4.69, 9.17) is 5.73 Å². The summed E-state index contributed by atoms with van der Waals surface area (Å²) in [5.74, 6) is 0. The van der Waals surface area contributed by atoms with Crippen LogP contribution in [-0.4, -0.2) is 16.7 Å². The fourth-order valence-corrected chi connectivity index (χ4v) is 1.88. The monoisotopic (exact) mass is 201 g/mol. The Hall–Kier alpha value is -0.0800. The van der Waals surface area contributed by atoms with Crippen molar-refractivity contribution in [2.45, 2.75) is 77.4 Å². The number of hydrogen-bond donors (Lipinski definition) is 2. The molecule has 0 spiro atoms. The highest BCUT2D eigenvalue weighted by atomic mass is 16.3. The highest BCUT2D eigenvalue weighted by Crippen LogP contribution is 2.24. The number of unbranched alkanes of at least 4 members (excludes halogenated alkanes) is 2. The maximum absolute atomic E-state index is 9.91. The van der Waals surface area contributed by atoms with E-state index in [0.29, 0.717) is 0 Å². The second-order valence-electron chi connectivity index (χ2n) is 4.36. The smallest absolute Gasteiger partial charge is 0.0717 e. The predicted octanol–water partition coefficient (Wildman–Crippen LogP) is 2.84. The standard InChI is InChI=1S/C12H27NO/c1-4-7-9-12(13,10-8-5-2)11(14)6-3/h11,14H,4-10,13H2,1-3H3. The van der Waals surface area contributed by atoms with Crippen LogP contribution in [0.5, 0.6) is 0 Å². The summed E-state index contributed by atoms with van der Waals surface area (Å²) < 4.78 is 0. The Balaban J connectivity index is 4.16. The molecular weight excluding hydrogens is 174 g/mol. The van der Waals surface area contributed by atoms with Gasteiger partial charge in [-0.2, -0.15) is 0 Å². The first-order chi connectivity index (χ1) is 6.60. The van der Waals surface area contributed by atoms with E-state index in [1.807, 2.05) is 6.92 Å². The summed E-state index contributed by atoms with van der Waals surface area (Å²) in [6, 6.07) is 0.